The summed E-state index contributed by atoms with van der Waals surface area (Å²) in [7, 11) is 1.49. The molecule has 3 N–H and O–H groups in total. The highest BCUT2D eigenvalue weighted by atomic mass is 16.5. The summed E-state index contributed by atoms with van der Waals surface area (Å²) >= 11 is 0. The van der Waals surface area contributed by atoms with Gasteiger partial charge in [0.15, 0.2) is 0 Å². The van der Waals surface area contributed by atoms with E-state index in [0.29, 0.717) is 23.6 Å². The quantitative estimate of drug-likeness (QED) is 0.489. The number of carboxylic acids is 1. The lowest BCUT2D eigenvalue weighted by molar-refractivity contribution is -0.137. The lowest BCUT2D eigenvalue weighted by Crippen LogP contribution is -2.30. The number of carbonyl (C=O) groups is 2. The molecule has 0 saturated heterocycles. The van der Waals surface area contributed by atoms with Crippen molar-refractivity contribution in [3.05, 3.63) is 65.2 Å². The third kappa shape index (κ3) is 5.02. The molecule has 0 saturated carbocycles. The number of aryl methyl sites for hydroxylation is 1. The highest BCUT2D eigenvalue weighted by Crippen LogP contribution is 2.21. The number of nitrogens with one attached hydrogen (secondary N) is 2. The zero-order chi connectivity index (χ0) is 22.5. The fourth-order valence-electron chi connectivity index (χ4n) is 3.58. The Bertz CT molecular complexity index is 1110. The van der Waals surface area contributed by atoms with Crippen LogP contribution in [-0.4, -0.2) is 50.4 Å². The molecule has 1 atom stereocenters. The molecule has 166 valence electrons. The molecule has 0 bridgehead atoms. The Hall–Kier alpha value is -3.95. The van der Waals surface area contributed by atoms with Gasteiger partial charge in [0.05, 0.1) is 43.6 Å². The number of pyridine rings is 2. The Kier molecular flexibility index (Phi) is 6.29. The molecular formula is C22H24N6O4. The number of carbonyl (C=O) groups excluding carboxylic acids is 1. The Morgan fingerprint density at radius 1 is 1.28 bits per heavy atom. The Morgan fingerprint density at radius 3 is 2.91 bits per heavy atom. The van der Waals surface area contributed by atoms with E-state index in [9.17, 15) is 14.7 Å². The van der Waals surface area contributed by atoms with Crippen molar-refractivity contribution in [2.45, 2.75) is 31.8 Å². The summed E-state index contributed by atoms with van der Waals surface area (Å²) in [5.74, 6) is -0.141. The molecule has 4 heterocycles. The van der Waals surface area contributed by atoms with Crippen molar-refractivity contribution in [1.82, 2.24) is 25.1 Å². The molecular weight excluding hydrogens is 412 g/mol. The van der Waals surface area contributed by atoms with Crippen LogP contribution in [0.5, 0.6) is 5.88 Å². The maximum absolute atomic E-state index is 12.8. The molecule has 10 heteroatoms. The molecule has 1 amide bonds. The summed E-state index contributed by atoms with van der Waals surface area (Å²) in [5.41, 5.74) is 2.94. The highest BCUT2D eigenvalue weighted by Gasteiger charge is 2.20. The number of hydrogen-bond donors (Lipinski definition) is 3. The molecule has 3 aromatic heterocycles. The van der Waals surface area contributed by atoms with Crippen LogP contribution < -0.4 is 15.4 Å². The molecule has 0 aromatic carbocycles. The first kappa shape index (κ1) is 21.3. The van der Waals surface area contributed by atoms with Gasteiger partial charge in [-0.3, -0.25) is 14.3 Å². The van der Waals surface area contributed by atoms with Crippen molar-refractivity contribution in [3.63, 3.8) is 0 Å². The van der Waals surface area contributed by atoms with Gasteiger partial charge in [-0.05, 0) is 30.0 Å². The van der Waals surface area contributed by atoms with Gasteiger partial charge in [0.25, 0.3) is 5.91 Å². The van der Waals surface area contributed by atoms with Gasteiger partial charge in [0.2, 0.25) is 5.88 Å². The largest absolute Gasteiger partial charge is 0.481 e. The SMILES string of the molecule is COc1ccc([C@H](CC(=O)O)NC(=O)c2cnn(Cc3ccc4c(n3)NCCC4)c2)cn1. The Balaban J connectivity index is 1.45. The lowest BCUT2D eigenvalue weighted by Gasteiger charge is -2.17. The minimum absolute atomic E-state index is 0.278. The maximum Gasteiger partial charge on any atom is 0.305 e. The first-order valence-electron chi connectivity index (χ1n) is 10.3. The fraction of sp³-hybridized carbons (Fsp3) is 0.318. The third-order valence-electron chi connectivity index (χ3n) is 5.23. The number of carboxylic acid groups (broad SMARTS) is 1. The predicted octanol–water partition coefficient (Wildman–Crippen LogP) is 2.03. The molecule has 0 fully saturated rings. The number of hydrogen-bond acceptors (Lipinski definition) is 7. The first-order valence-corrected chi connectivity index (χ1v) is 10.3. The lowest BCUT2D eigenvalue weighted by atomic mass is 10.1. The van der Waals surface area contributed by atoms with Crippen LogP contribution in [0.25, 0.3) is 0 Å². The number of ether oxygens (including phenoxy) is 1. The van der Waals surface area contributed by atoms with Crippen LogP contribution in [0.4, 0.5) is 5.82 Å². The van der Waals surface area contributed by atoms with Crippen molar-refractivity contribution in [2.75, 3.05) is 19.0 Å². The monoisotopic (exact) mass is 436 g/mol. The van der Waals surface area contributed by atoms with Gasteiger partial charge < -0.3 is 20.5 Å². The van der Waals surface area contributed by atoms with Crippen molar-refractivity contribution < 1.29 is 19.4 Å². The molecule has 0 aliphatic carbocycles. The average molecular weight is 436 g/mol. The first-order chi connectivity index (χ1) is 15.5. The van der Waals surface area contributed by atoms with Crippen molar-refractivity contribution in [1.29, 1.82) is 0 Å². The second kappa shape index (κ2) is 9.46. The van der Waals surface area contributed by atoms with Gasteiger partial charge in [-0.15, -0.1) is 0 Å². The maximum atomic E-state index is 12.8. The van der Waals surface area contributed by atoms with Crippen LogP contribution in [-0.2, 0) is 17.8 Å². The number of amides is 1. The summed E-state index contributed by atoms with van der Waals surface area (Å²) < 4.78 is 6.66. The van der Waals surface area contributed by atoms with Crippen molar-refractivity contribution in [3.8, 4) is 5.88 Å². The van der Waals surface area contributed by atoms with Gasteiger partial charge >= 0.3 is 5.97 Å². The topological polar surface area (TPSA) is 131 Å². The number of nitrogens with zero attached hydrogens (tertiary/aromatic N) is 4. The number of fused-ring (bicyclic) bond motifs is 1. The molecule has 0 spiro atoms. The fourth-order valence-corrected chi connectivity index (χ4v) is 3.58. The van der Waals surface area contributed by atoms with Crippen LogP contribution >= 0.6 is 0 Å². The zero-order valence-corrected chi connectivity index (χ0v) is 17.6. The van der Waals surface area contributed by atoms with E-state index in [4.69, 9.17) is 4.74 Å². The van der Waals surface area contributed by atoms with E-state index < -0.39 is 17.9 Å². The third-order valence-corrected chi connectivity index (χ3v) is 5.23. The summed E-state index contributed by atoms with van der Waals surface area (Å²) in [5, 5.41) is 19.6. The van der Waals surface area contributed by atoms with Gasteiger partial charge in [-0.25, -0.2) is 9.97 Å². The number of rotatable bonds is 8. The molecule has 0 radical (unpaired) electrons. The number of methoxy groups -OCH3 is 1. The van der Waals surface area contributed by atoms with Gasteiger partial charge in [-0.1, -0.05) is 12.1 Å². The van der Waals surface area contributed by atoms with E-state index in [1.54, 1.807) is 23.0 Å². The van der Waals surface area contributed by atoms with Crippen molar-refractivity contribution in [2.24, 2.45) is 0 Å². The van der Waals surface area contributed by atoms with E-state index in [0.717, 1.165) is 30.9 Å². The molecule has 4 rings (SSSR count). The molecule has 1 aliphatic heterocycles. The zero-order valence-electron chi connectivity index (χ0n) is 17.6. The Labute approximate surface area is 184 Å². The van der Waals surface area contributed by atoms with Crippen molar-refractivity contribution >= 4 is 17.7 Å². The predicted molar refractivity (Wildman–Crippen MR) is 116 cm³/mol. The molecule has 3 aromatic rings. The molecule has 1 aliphatic rings. The van der Waals surface area contributed by atoms with Crippen LogP contribution in [0.15, 0.2) is 42.9 Å². The van der Waals surface area contributed by atoms with E-state index in [1.165, 1.54) is 25.1 Å². The normalized spacial score (nSPS) is 13.5. The smallest absolute Gasteiger partial charge is 0.305 e. The van der Waals surface area contributed by atoms with E-state index in [2.05, 4.69) is 31.8 Å². The minimum atomic E-state index is -1.03. The minimum Gasteiger partial charge on any atom is -0.481 e. The summed E-state index contributed by atoms with van der Waals surface area (Å²) in [6.07, 6.45) is 6.40. The van der Waals surface area contributed by atoms with Crippen LogP contribution in [0.3, 0.4) is 0 Å². The number of anilines is 1. The second-order valence-electron chi connectivity index (χ2n) is 7.53. The number of aromatic nitrogens is 4. The van der Waals surface area contributed by atoms with E-state index in [1.807, 2.05) is 6.07 Å². The van der Waals surface area contributed by atoms with Gasteiger partial charge in [-0.2, -0.15) is 5.10 Å². The average Bonchev–Trinajstić information content (AvgIpc) is 3.27. The summed E-state index contributed by atoms with van der Waals surface area (Å²) in [6, 6.07) is 6.59. The summed E-state index contributed by atoms with van der Waals surface area (Å²) in [6.45, 7) is 1.33. The van der Waals surface area contributed by atoms with Gasteiger partial charge in [0.1, 0.15) is 5.82 Å². The highest BCUT2D eigenvalue weighted by molar-refractivity contribution is 5.94. The Morgan fingerprint density at radius 2 is 2.16 bits per heavy atom. The van der Waals surface area contributed by atoms with Crippen LogP contribution in [0.1, 0.15) is 46.1 Å². The molecule has 10 nitrogen and oxygen atoms in total. The summed E-state index contributed by atoms with van der Waals surface area (Å²) in [4.78, 5) is 32.8. The standard InChI is InChI=1S/C22H24N6O4/c1-32-19-7-5-15(10-24-19)18(9-20(29)30)27-22(31)16-11-25-28(12-16)13-17-6-4-14-3-2-8-23-21(14)26-17/h4-7,10-12,18H,2-3,8-9,13H2,1H3,(H,23,26)(H,27,31)(H,29,30)/t18-/m0/s1. The van der Waals surface area contributed by atoms with E-state index in [-0.39, 0.29) is 6.42 Å². The molecule has 32 heavy (non-hydrogen) atoms. The van der Waals surface area contributed by atoms with E-state index >= 15 is 0 Å². The van der Waals surface area contributed by atoms with Crippen LogP contribution in [0.2, 0.25) is 0 Å². The number of aliphatic carboxylic acids is 1. The second-order valence-corrected chi connectivity index (χ2v) is 7.53. The van der Waals surface area contributed by atoms with Gasteiger partial charge in [0, 0.05) is 25.0 Å². The van der Waals surface area contributed by atoms with Crippen LogP contribution in [0, 0.1) is 0 Å². The molecule has 0 unspecified atom stereocenters.